The number of hydrogen-bond acceptors (Lipinski definition) is 4. The van der Waals surface area contributed by atoms with E-state index in [4.69, 9.17) is 0 Å². The zero-order chi connectivity index (χ0) is 27.9. The first kappa shape index (κ1) is 31.5. The molecule has 0 aromatic heterocycles. The third kappa shape index (κ3) is 4.56. The maximum absolute atomic E-state index is 13.5. The third-order valence-electron chi connectivity index (χ3n) is 3.41. The average Bonchev–Trinajstić information content (AvgIpc) is 2.63. The highest BCUT2D eigenvalue weighted by Gasteiger charge is 2.94. The van der Waals surface area contributed by atoms with Crippen LogP contribution in [0.4, 0.5) is 74.6 Å². The highest BCUT2D eigenvalue weighted by molar-refractivity contribution is 5.91. The normalized spacial score (nSPS) is 14.5. The number of rotatable bonds is 9. The molecule has 0 heterocycles. The molecule has 0 rings (SSSR count). The second-order valence-corrected chi connectivity index (χ2v) is 5.64. The van der Waals surface area contributed by atoms with Crippen LogP contribution in [0.5, 0.6) is 0 Å². The zero-order valence-corrected chi connectivity index (χ0v) is 15.3. The molecule has 0 atom stereocenters. The van der Waals surface area contributed by atoms with E-state index in [0.717, 1.165) is 6.92 Å². The fourth-order valence-electron chi connectivity index (χ4n) is 1.61. The van der Waals surface area contributed by atoms with Crippen molar-refractivity contribution in [2.24, 2.45) is 0 Å². The molecule has 200 valence electrons. The second kappa shape index (κ2) is 8.93. The van der Waals surface area contributed by atoms with Crippen molar-refractivity contribution in [2.45, 2.75) is 48.6 Å². The van der Waals surface area contributed by atoms with Crippen LogP contribution >= 0.6 is 0 Å². The minimum Gasteiger partial charge on any atom is -0.460 e. The summed E-state index contributed by atoms with van der Waals surface area (Å²) in [5.41, 5.74) is 0. The van der Waals surface area contributed by atoms with Crippen molar-refractivity contribution in [1.29, 1.82) is 0 Å². The van der Waals surface area contributed by atoms with Gasteiger partial charge in [-0.3, -0.25) is 0 Å². The van der Waals surface area contributed by atoms with Crippen molar-refractivity contribution in [2.75, 3.05) is 6.61 Å². The molecular weight excluding hydrogens is 543 g/mol. The molecule has 0 radical (unpaired) electrons. The van der Waals surface area contributed by atoms with Crippen molar-refractivity contribution in [1.82, 2.24) is 0 Å². The van der Waals surface area contributed by atoms with Crippen LogP contribution in [0.1, 0.15) is 6.92 Å². The fraction of sp³-hybridized carbons (Fsp3) is 0.692. The first-order valence-corrected chi connectivity index (χ1v) is 7.48. The molecule has 0 amide bonds. The topological polar surface area (TPSA) is 52.6 Å². The molecule has 0 saturated carbocycles. The Labute approximate surface area is 174 Å². The number of halogens is 17. The lowest BCUT2D eigenvalue weighted by Crippen LogP contribution is -2.73. The SMILES string of the molecule is CCOC(=O)C(OC(=O)C(F)(F)C(F)(F)C(F)(F)C(F)(F)C(F)(F)C(F)(F)C(F)(F)F)=C(F)F. The van der Waals surface area contributed by atoms with E-state index in [9.17, 15) is 84.2 Å². The van der Waals surface area contributed by atoms with Gasteiger partial charge in [-0.2, -0.15) is 74.6 Å². The summed E-state index contributed by atoms with van der Waals surface area (Å²) < 4.78 is 226. The molecule has 0 aromatic carbocycles. The molecular formula is C13H5F17O4. The summed E-state index contributed by atoms with van der Waals surface area (Å²) in [4.78, 5) is 22.0. The predicted octanol–water partition coefficient (Wildman–Crippen LogP) is 5.57. The number of esters is 2. The Hall–Kier alpha value is -2.51. The molecule has 4 nitrogen and oxygen atoms in total. The van der Waals surface area contributed by atoms with E-state index in [1.54, 1.807) is 0 Å². The minimum atomic E-state index is -8.70. The average molecular weight is 548 g/mol. The van der Waals surface area contributed by atoms with Gasteiger partial charge < -0.3 is 9.47 Å². The van der Waals surface area contributed by atoms with Gasteiger partial charge in [-0.25, -0.2) is 9.59 Å². The van der Waals surface area contributed by atoms with E-state index in [1.807, 2.05) is 0 Å². The third-order valence-corrected chi connectivity index (χ3v) is 3.41. The molecule has 0 spiro atoms. The Bertz CT molecular complexity index is 822. The van der Waals surface area contributed by atoms with Crippen LogP contribution in [0.25, 0.3) is 0 Å². The molecule has 0 N–H and O–H groups in total. The summed E-state index contributed by atoms with van der Waals surface area (Å²) in [5.74, 6) is -60.2. The Balaban J connectivity index is 6.59. The van der Waals surface area contributed by atoms with Gasteiger partial charge in [0.2, 0.25) is 0 Å². The molecule has 0 aliphatic heterocycles. The van der Waals surface area contributed by atoms with E-state index < -0.39 is 72.1 Å². The van der Waals surface area contributed by atoms with Crippen LogP contribution in [0.15, 0.2) is 11.8 Å². The maximum Gasteiger partial charge on any atom is 0.460 e. The van der Waals surface area contributed by atoms with Gasteiger partial charge >= 0.3 is 59.7 Å². The molecule has 34 heavy (non-hydrogen) atoms. The molecule has 0 aliphatic rings. The summed E-state index contributed by atoms with van der Waals surface area (Å²) >= 11 is 0. The Morgan fingerprint density at radius 1 is 0.618 bits per heavy atom. The van der Waals surface area contributed by atoms with Gasteiger partial charge in [-0.05, 0) is 6.92 Å². The van der Waals surface area contributed by atoms with Crippen LogP contribution in [0, 0.1) is 0 Å². The van der Waals surface area contributed by atoms with Crippen LogP contribution < -0.4 is 0 Å². The number of ether oxygens (including phenoxy) is 2. The second-order valence-electron chi connectivity index (χ2n) is 5.64. The molecule has 0 aliphatic carbocycles. The number of carbonyl (C=O) groups excluding carboxylic acids is 2. The first-order chi connectivity index (χ1) is 14.7. The van der Waals surface area contributed by atoms with Crippen LogP contribution in [-0.2, 0) is 19.1 Å². The van der Waals surface area contributed by atoms with E-state index in [2.05, 4.69) is 9.47 Å². The Morgan fingerprint density at radius 2 is 0.971 bits per heavy atom. The Morgan fingerprint density at radius 3 is 1.29 bits per heavy atom. The van der Waals surface area contributed by atoms with E-state index in [1.165, 1.54) is 0 Å². The summed E-state index contributed by atoms with van der Waals surface area (Å²) in [6.45, 7) is -0.0811. The molecule has 0 saturated heterocycles. The van der Waals surface area contributed by atoms with Crippen molar-refractivity contribution >= 4 is 11.9 Å². The lowest BCUT2D eigenvalue weighted by atomic mass is 9.91. The molecule has 0 unspecified atom stereocenters. The van der Waals surface area contributed by atoms with Gasteiger partial charge in [0.1, 0.15) is 0 Å². The van der Waals surface area contributed by atoms with Crippen molar-refractivity contribution < 1.29 is 93.7 Å². The van der Waals surface area contributed by atoms with E-state index >= 15 is 0 Å². The summed E-state index contributed by atoms with van der Waals surface area (Å²) in [6, 6.07) is 0. The maximum atomic E-state index is 13.5. The van der Waals surface area contributed by atoms with Crippen molar-refractivity contribution in [3.8, 4) is 0 Å². The monoisotopic (exact) mass is 548 g/mol. The van der Waals surface area contributed by atoms with Crippen LogP contribution in [0.2, 0.25) is 0 Å². The van der Waals surface area contributed by atoms with Gasteiger partial charge in [0.15, 0.2) is 0 Å². The highest BCUT2D eigenvalue weighted by atomic mass is 19.4. The van der Waals surface area contributed by atoms with Crippen LogP contribution in [0.3, 0.4) is 0 Å². The predicted molar refractivity (Wildman–Crippen MR) is 67.7 cm³/mol. The lowest BCUT2D eigenvalue weighted by molar-refractivity contribution is -0.450. The summed E-state index contributed by atoms with van der Waals surface area (Å²) in [7, 11) is 0. The van der Waals surface area contributed by atoms with Gasteiger partial charge in [-0.15, -0.1) is 0 Å². The molecule has 21 heteroatoms. The van der Waals surface area contributed by atoms with E-state index in [-0.39, 0.29) is 0 Å². The minimum absolute atomic E-state index is 0.829. The van der Waals surface area contributed by atoms with Gasteiger partial charge in [0, 0.05) is 0 Å². The molecule has 0 aromatic rings. The smallest absolute Gasteiger partial charge is 0.460 e. The van der Waals surface area contributed by atoms with E-state index in [0.29, 0.717) is 0 Å². The fourth-order valence-corrected chi connectivity index (χ4v) is 1.61. The van der Waals surface area contributed by atoms with Gasteiger partial charge in [0.05, 0.1) is 6.61 Å². The van der Waals surface area contributed by atoms with Gasteiger partial charge in [0.25, 0.3) is 5.76 Å². The molecule has 0 fully saturated rings. The summed E-state index contributed by atoms with van der Waals surface area (Å²) in [5, 5.41) is 0. The van der Waals surface area contributed by atoms with Crippen molar-refractivity contribution in [3.63, 3.8) is 0 Å². The van der Waals surface area contributed by atoms with Gasteiger partial charge in [-0.1, -0.05) is 0 Å². The van der Waals surface area contributed by atoms with Crippen LogP contribution in [-0.4, -0.2) is 60.3 Å². The largest absolute Gasteiger partial charge is 0.460 e. The van der Waals surface area contributed by atoms with Crippen molar-refractivity contribution in [3.05, 3.63) is 11.8 Å². The highest BCUT2D eigenvalue weighted by Crippen LogP contribution is 2.62. The Kier molecular flexibility index (Phi) is 8.27. The number of alkyl halides is 15. The summed E-state index contributed by atoms with van der Waals surface area (Å²) in [6.07, 6.45) is -11.5. The first-order valence-electron chi connectivity index (χ1n) is 7.48. The lowest BCUT2D eigenvalue weighted by Gasteiger charge is -2.40. The number of hydrogen-bond donors (Lipinski definition) is 0. The number of carbonyl (C=O) groups is 2. The standard InChI is InChI=1S/C13H5F17O4/c1-2-33-5(31)3(4(14)15)34-6(32)7(16,17)8(18,19)9(20,21)10(22,23)11(24,25)12(26,27)13(28,29)30/h2H2,1H3. The quantitative estimate of drug-likeness (QED) is 0.164. The molecule has 0 bridgehead atoms. The zero-order valence-electron chi connectivity index (χ0n) is 15.3.